The highest BCUT2D eigenvalue weighted by Gasteiger charge is 2.14. The Morgan fingerprint density at radius 2 is 1.31 bits per heavy atom. The average Bonchev–Trinajstić information content (AvgIpc) is 2.90. The highest BCUT2D eigenvalue weighted by Crippen LogP contribution is 2.38. The first-order valence-electron chi connectivity index (χ1n) is 10.8. The SMILES string of the molecule is COc1cc(/C=C/C(=O)Nc2ccc(C=Cc3cc(OC)c(OC)c(OC)c3)cc2)ccc1[N+](=O)[O-]. The molecule has 0 aliphatic carbocycles. The second kappa shape index (κ2) is 12.1. The van der Waals surface area contributed by atoms with E-state index in [0.29, 0.717) is 28.5 Å². The number of hydrogen-bond acceptors (Lipinski definition) is 7. The van der Waals surface area contributed by atoms with Crippen molar-refractivity contribution in [3.8, 4) is 23.0 Å². The van der Waals surface area contributed by atoms with Gasteiger partial charge in [0.05, 0.1) is 33.4 Å². The second-order valence-corrected chi connectivity index (χ2v) is 7.42. The lowest BCUT2D eigenvalue weighted by Gasteiger charge is -2.12. The lowest BCUT2D eigenvalue weighted by molar-refractivity contribution is -0.385. The second-order valence-electron chi connectivity index (χ2n) is 7.42. The number of nitrogens with zero attached hydrogens (tertiary/aromatic N) is 1. The van der Waals surface area contributed by atoms with Gasteiger partial charge in [-0.1, -0.05) is 24.3 Å². The van der Waals surface area contributed by atoms with Crippen molar-refractivity contribution in [2.24, 2.45) is 0 Å². The zero-order valence-corrected chi connectivity index (χ0v) is 20.3. The normalized spacial score (nSPS) is 10.9. The van der Waals surface area contributed by atoms with Crippen LogP contribution < -0.4 is 24.3 Å². The van der Waals surface area contributed by atoms with E-state index in [2.05, 4.69) is 5.32 Å². The van der Waals surface area contributed by atoms with Crippen LogP contribution in [-0.4, -0.2) is 39.3 Å². The fourth-order valence-electron chi connectivity index (χ4n) is 3.37. The Kier molecular flexibility index (Phi) is 8.66. The maximum atomic E-state index is 12.3. The van der Waals surface area contributed by atoms with Crippen molar-refractivity contribution < 1.29 is 28.7 Å². The molecule has 3 aromatic rings. The molecule has 0 saturated carbocycles. The molecule has 186 valence electrons. The molecule has 0 unspecified atom stereocenters. The van der Waals surface area contributed by atoms with Gasteiger partial charge in [0.25, 0.3) is 0 Å². The van der Waals surface area contributed by atoms with Gasteiger partial charge in [0.1, 0.15) is 0 Å². The van der Waals surface area contributed by atoms with E-state index in [9.17, 15) is 14.9 Å². The molecular formula is C27H26N2O7. The zero-order valence-electron chi connectivity index (χ0n) is 20.3. The number of nitrogens with one attached hydrogen (secondary N) is 1. The fourth-order valence-corrected chi connectivity index (χ4v) is 3.37. The van der Waals surface area contributed by atoms with Gasteiger partial charge in [0, 0.05) is 17.8 Å². The molecule has 9 nitrogen and oxygen atoms in total. The summed E-state index contributed by atoms with van der Waals surface area (Å²) in [4.78, 5) is 22.8. The van der Waals surface area contributed by atoms with E-state index in [1.165, 1.54) is 25.3 Å². The molecule has 9 heteroatoms. The van der Waals surface area contributed by atoms with Crippen molar-refractivity contribution >= 4 is 35.5 Å². The van der Waals surface area contributed by atoms with Gasteiger partial charge in [0.15, 0.2) is 17.2 Å². The lowest BCUT2D eigenvalue weighted by atomic mass is 10.1. The number of anilines is 1. The van der Waals surface area contributed by atoms with Gasteiger partial charge < -0.3 is 24.3 Å². The molecular weight excluding hydrogens is 464 g/mol. The van der Waals surface area contributed by atoms with Crippen molar-refractivity contribution in [2.45, 2.75) is 0 Å². The predicted molar refractivity (Wildman–Crippen MR) is 139 cm³/mol. The first-order valence-corrected chi connectivity index (χ1v) is 10.8. The molecule has 0 saturated heterocycles. The van der Waals surface area contributed by atoms with Crippen molar-refractivity contribution in [1.82, 2.24) is 0 Å². The lowest BCUT2D eigenvalue weighted by Crippen LogP contribution is -2.07. The molecule has 0 radical (unpaired) electrons. The number of nitro groups is 1. The van der Waals surface area contributed by atoms with Crippen molar-refractivity contribution in [1.29, 1.82) is 0 Å². The Morgan fingerprint density at radius 1 is 0.750 bits per heavy atom. The summed E-state index contributed by atoms with van der Waals surface area (Å²) in [7, 11) is 6.04. The number of carbonyl (C=O) groups excluding carboxylic acids is 1. The van der Waals surface area contributed by atoms with Crippen LogP contribution in [0.5, 0.6) is 23.0 Å². The van der Waals surface area contributed by atoms with Gasteiger partial charge in [-0.3, -0.25) is 14.9 Å². The number of benzene rings is 3. The fraction of sp³-hybridized carbons (Fsp3) is 0.148. The Bertz CT molecular complexity index is 1270. The molecule has 0 atom stereocenters. The predicted octanol–water partition coefficient (Wildman–Crippen LogP) is 5.45. The van der Waals surface area contributed by atoms with Gasteiger partial charge in [-0.2, -0.15) is 0 Å². The van der Waals surface area contributed by atoms with Crippen molar-refractivity contribution in [3.05, 3.63) is 87.5 Å². The van der Waals surface area contributed by atoms with E-state index in [-0.39, 0.29) is 17.3 Å². The van der Waals surface area contributed by atoms with Crippen LogP contribution in [0.3, 0.4) is 0 Å². The van der Waals surface area contributed by atoms with E-state index < -0.39 is 4.92 Å². The molecule has 0 aliphatic heterocycles. The molecule has 0 aliphatic rings. The quantitative estimate of drug-likeness (QED) is 0.174. The van der Waals surface area contributed by atoms with Crippen LogP contribution in [-0.2, 0) is 4.79 Å². The number of methoxy groups -OCH3 is 4. The zero-order chi connectivity index (χ0) is 26.1. The number of amides is 1. The smallest absolute Gasteiger partial charge is 0.310 e. The van der Waals surface area contributed by atoms with Crippen LogP contribution in [0.25, 0.3) is 18.2 Å². The summed E-state index contributed by atoms with van der Waals surface area (Å²) in [5.74, 6) is 1.44. The van der Waals surface area contributed by atoms with Gasteiger partial charge in [-0.05, 0) is 59.2 Å². The number of carbonyl (C=O) groups is 1. The van der Waals surface area contributed by atoms with Gasteiger partial charge in [-0.15, -0.1) is 0 Å². The minimum absolute atomic E-state index is 0.123. The van der Waals surface area contributed by atoms with Crippen LogP contribution in [0, 0.1) is 10.1 Å². The largest absolute Gasteiger partial charge is 0.493 e. The van der Waals surface area contributed by atoms with Crippen LogP contribution in [0.15, 0.2) is 60.7 Å². The maximum Gasteiger partial charge on any atom is 0.310 e. The molecule has 36 heavy (non-hydrogen) atoms. The van der Waals surface area contributed by atoms with E-state index in [1.807, 2.05) is 36.4 Å². The minimum Gasteiger partial charge on any atom is -0.493 e. The molecule has 1 N–H and O–H groups in total. The van der Waals surface area contributed by atoms with Crippen LogP contribution in [0.1, 0.15) is 16.7 Å². The van der Waals surface area contributed by atoms with Gasteiger partial charge in [0.2, 0.25) is 11.7 Å². The first kappa shape index (κ1) is 25.8. The van der Waals surface area contributed by atoms with E-state index in [0.717, 1.165) is 11.1 Å². The van der Waals surface area contributed by atoms with E-state index in [1.54, 1.807) is 45.6 Å². The Morgan fingerprint density at radius 3 is 1.86 bits per heavy atom. The number of ether oxygens (including phenoxy) is 4. The van der Waals surface area contributed by atoms with Crippen LogP contribution in [0.4, 0.5) is 11.4 Å². The monoisotopic (exact) mass is 490 g/mol. The third-order valence-corrected chi connectivity index (χ3v) is 5.16. The molecule has 0 heterocycles. The van der Waals surface area contributed by atoms with Crippen LogP contribution in [0.2, 0.25) is 0 Å². The molecule has 3 aromatic carbocycles. The first-order chi connectivity index (χ1) is 17.4. The highest BCUT2D eigenvalue weighted by atomic mass is 16.6. The topological polar surface area (TPSA) is 109 Å². The summed E-state index contributed by atoms with van der Waals surface area (Å²) in [6.07, 6.45) is 6.74. The van der Waals surface area contributed by atoms with E-state index >= 15 is 0 Å². The molecule has 0 aromatic heterocycles. The Hall–Kier alpha value is -4.79. The number of hydrogen-bond donors (Lipinski definition) is 1. The summed E-state index contributed by atoms with van der Waals surface area (Å²) in [5, 5.41) is 13.8. The van der Waals surface area contributed by atoms with Crippen molar-refractivity contribution in [2.75, 3.05) is 33.8 Å². The summed E-state index contributed by atoms with van der Waals surface area (Å²) < 4.78 is 21.1. The van der Waals surface area contributed by atoms with Crippen LogP contribution >= 0.6 is 0 Å². The molecule has 1 amide bonds. The third kappa shape index (κ3) is 6.41. The standard InChI is InChI=1S/C27H26N2O7/c1-33-23-15-19(9-13-22(23)29(31)32)10-14-26(30)28-21-11-7-18(8-12-21)5-6-20-16-24(34-2)27(36-4)25(17-20)35-3/h5-17H,1-4H3,(H,28,30)/b6-5?,14-10+. The Balaban J connectivity index is 1.65. The summed E-state index contributed by atoms with van der Waals surface area (Å²) in [6, 6.07) is 15.4. The summed E-state index contributed by atoms with van der Waals surface area (Å²) in [6.45, 7) is 0. The van der Waals surface area contributed by atoms with Crippen molar-refractivity contribution in [3.63, 3.8) is 0 Å². The Labute approximate surface area is 208 Å². The molecule has 0 fully saturated rings. The molecule has 3 rings (SSSR count). The van der Waals surface area contributed by atoms with E-state index in [4.69, 9.17) is 18.9 Å². The summed E-state index contributed by atoms with van der Waals surface area (Å²) in [5.41, 5.74) is 2.87. The summed E-state index contributed by atoms with van der Waals surface area (Å²) >= 11 is 0. The molecule has 0 bridgehead atoms. The third-order valence-electron chi connectivity index (χ3n) is 5.16. The number of nitro benzene ring substituents is 1. The number of rotatable bonds is 10. The highest BCUT2D eigenvalue weighted by molar-refractivity contribution is 6.02. The van der Waals surface area contributed by atoms with Gasteiger partial charge in [-0.25, -0.2) is 0 Å². The van der Waals surface area contributed by atoms with Gasteiger partial charge >= 0.3 is 5.69 Å². The minimum atomic E-state index is -0.525. The molecule has 0 spiro atoms. The average molecular weight is 491 g/mol. The maximum absolute atomic E-state index is 12.3.